The lowest BCUT2D eigenvalue weighted by Crippen LogP contribution is -2.41. The van der Waals surface area contributed by atoms with E-state index in [0.717, 1.165) is 24.2 Å². The molecule has 1 saturated heterocycles. The number of aryl methyl sites for hydroxylation is 2. The molecule has 26 heavy (non-hydrogen) atoms. The van der Waals surface area contributed by atoms with Crippen molar-refractivity contribution >= 4 is 28.8 Å². The van der Waals surface area contributed by atoms with E-state index in [1.807, 2.05) is 37.4 Å². The molecule has 0 radical (unpaired) electrons. The molecule has 3 rings (SSSR count). The second-order valence-corrected chi connectivity index (χ2v) is 7.64. The Balaban J connectivity index is 1.59. The zero-order chi connectivity index (χ0) is 18.5. The Hall–Kier alpha value is -2.18. The van der Waals surface area contributed by atoms with Gasteiger partial charge in [0, 0.05) is 12.2 Å². The average molecular weight is 372 g/mol. The number of benzene rings is 1. The molecular weight excluding hydrogens is 346 g/mol. The van der Waals surface area contributed by atoms with Gasteiger partial charge in [-0.1, -0.05) is 6.07 Å². The minimum atomic E-state index is -0.625. The number of amides is 2. The Bertz CT molecular complexity index is 747. The van der Waals surface area contributed by atoms with Gasteiger partial charge >= 0.3 is 11.8 Å². The first-order valence-corrected chi connectivity index (χ1v) is 9.91. The Morgan fingerprint density at radius 3 is 2.42 bits per heavy atom. The highest BCUT2D eigenvalue weighted by Crippen LogP contribution is 2.26. The molecule has 0 saturated carbocycles. The number of nitrogens with zero attached hydrogens (tertiary/aromatic N) is 1. The van der Waals surface area contributed by atoms with Gasteiger partial charge in [-0.05, 0) is 85.4 Å². The molecule has 0 aliphatic carbocycles. The van der Waals surface area contributed by atoms with Crippen LogP contribution in [0, 0.1) is 13.8 Å². The van der Waals surface area contributed by atoms with E-state index in [1.54, 1.807) is 11.3 Å². The predicted octanol–water partition coefficient (Wildman–Crippen LogP) is 3.26. The summed E-state index contributed by atoms with van der Waals surface area (Å²) in [6, 6.07) is 7.96. The largest absolute Gasteiger partial charge is 0.346 e. The molecule has 1 aliphatic heterocycles. The molecule has 2 heterocycles. The molecule has 1 aromatic heterocycles. The third kappa shape index (κ3) is 4.71. The van der Waals surface area contributed by atoms with Crippen molar-refractivity contribution in [2.24, 2.45) is 0 Å². The summed E-state index contributed by atoms with van der Waals surface area (Å²) in [5.74, 6) is -1.22. The van der Waals surface area contributed by atoms with Crippen LogP contribution in [0.15, 0.2) is 35.0 Å². The topological polar surface area (TPSA) is 61.4 Å². The van der Waals surface area contributed by atoms with E-state index < -0.39 is 11.8 Å². The number of hydrogen-bond donors (Lipinski definition) is 2. The summed E-state index contributed by atoms with van der Waals surface area (Å²) in [7, 11) is 0. The maximum atomic E-state index is 12.3. The molecule has 0 spiro atoms. The lowest BCUT2D eigenvalue weighted by atomic mass is 10.1. The highest BCUT2D eigenvalue weighted by Gasteiger charge is 2.25. The van der Waals surface area contributed by atoms with Gasteiger partial charge in [-0.2, -0.15) is 11.3 Å². The molecule has 1 aliphatic rings. The third-order valence-corrected chi connectivity index (χ3v) is 5.35. The maximum Gasteiger partial charge on any atom is 0.313 e. The van der Waals surface area contributed by atoms with Crippen molar-refractivity contribution < 1.29 is 9.59 Å². The van der Waals surface area contributed by atoms with Gasteiger partial charge in [-0.15, -0.1) is 0 Å². The molecule has 2 N–H and O–H groups in total. The molecular formula is C20H25N3O2S. The number of thiophene rings is 1. The van der Waals surface area contributed by atoms with Gasteiger partial charge in [0.1, 0.15) is 0 Å². The molecule has 138 valence electrons. The van der Waals surface area contributed by atoms with E-state index in [-0.39, 0.29) is 6.04 Å². The molecule has 1 atom stereocenters. The van der Waals surface area contributed by atoms with Crippen LogP contribution in [0.25, 0.3) is 0 Å². The predicted molar refractivity (Wildman–Crippen MR) is 105 cm³/mol. The fourth-order valence-electron chi connectivity index (χ4n) is 3.48. The first-order chi connectivity index (χ1) is 12.5. The number of anilines is 1. The number of rotatable bonds is 5. The molecule has 2 aromatic rings. The van der Waals surface area contributed by atoms with E-state index >= 15 is 0 Å². The normalized spacial score (nSPS) is 15.6. The molecule has 6 heteroatoms. The molecule has 0 bridgehead atoms. The monoisotopic (exact) mass is 371 g/mol. The van der Waals surface area contributed by atoms with Gasteiger partial charge in [0.2, 0.25) is 0 Å². The van der Waals surface area contributed by atoms with E-state index in [2.05, 4.69) is 27.0 Å². The van der Waals surface area contributed by atoms with E-state index in [0.29, 0.717) is 12.2 Å². The molecule has 1 fully saturated rings. The molecule has 1 unspecified atom stereocenters. The van der Waals surface area contributed by atoms with E-state index in [1.165, 1.54) is 18.4 Å². The standard InChI is InChI=1S/C20H25N3O2S/c1-14-9-15(2)11-17(10-14)22-20(25)19(24)21-12-18(16-5-8-26-13-16)23-6-3-4-7-23/h5,8-11,13,18H,3-4,6-7,12H2,1-2H3,(H,21,24)(H,22,25). The Labute approximate surface area is 158 Å². The van der Waals surface area contributed by atoms with Crippen LogP contribution in [0.5, 0.6) is 0 Å². The smallest absolute Gasteiger partial charge is 0.313 e. The summed E-state index contributed by atoms with van der Waals surface area (Å²) in [6.45, 7) is 6.43. The van der Waals surface area contributed by atoms with Crippen LogP contribution < -0.4 is 10.6 Å². The van der Waals surface area contributed by atoms with Gasteiger partial charge in [0.15, 0.2) is 0 Å². The number of hydrogen-bond acceptors (Lipinski definition) is 4. The maximum absolute atomic E-state index is 12.3. The third-order valence-electron chi connectivity index (χ3n) is 4.65. The van der Waals surface area contributed by atoms with E-state index in [9.17, 15) is 9.59 Å². The summed E-state index contributed by atoms with van der Waals surface area (Å²) in [4.78, 5) is 26.9. The molecule has 5 nitrogen and oxygen atoms in total. The average Bonchev–Trinajstić information content (AvgIpc) is 3.28. The summed E-state index contributed by atoms with van der Waals surface area (Å²) < 4.78 is 0. The number of nitrogens with one attached hydrogen (secondary N) is 2. The van der Waals surface area contributed by atoms with Crippen LogP contribution in [0.3, 0.4) is 0 Å². The van der Waals surface area contributed by atoms with Crippen molar-refractivity contribution in [2.75, 3.05) is 25.0 Å². The van der Waals surface area contributed by atoms with Gasteiger partial charge in [0.25, 0.3) is 0 Å². The summed E-state index contributed by atoms with van der Waals surface area (Å²) in [6.07, 6.45) is 2.36. The summed E-state index contributed by atoms with van der Waals surface area (Å²) in [5.41, 5.74) is 3.95. The minimum absolute atomic E-state index is 0.127. The molecule has 2 amide bonds. The quantitative estimate of drug-likeness (QED) is 0.793. The SMILES string of the molecule is Cc1cc(C)cc(NC(=O)C(=O)NCC(c2ccsc2)N2CCCC2)c1. The van der Waals surface area contributed by atoms with Crippen molar-refractivity contribution in [1.29, 1.82) is 0 Å². The number of carbonyl (C=O) groups excluding carboxylic acids is 2. The van der Waals surface area contributed by atoms with Crippen LogP contribution in [0.1, 0.15) is 35.6 Å². The lowest BCUT2D eigenvalue weighted by Gasteiger charge is -2.27. The highest BCUT2D eigenvalue weighted by molar-refractivity contribution is 7.08. The van der Waals surface area contributed by atoms with Gasteiger partial charge in [0.05, 0.1) is 6.04 Å². The van der Waals surface area contributed by atoms with Crippen molar-refractivity contribution in [1.82, 2.24) is 10.2 Å². The number of likely N-dealkylation sites (tertiary alicyclic amines) is 1. The van der Waals surface area contributed by atoms with Gasteiger partial charge in [-0.25, -0.2) is 0 Å². The summed E-state index contributed by atoms with van der Waals surface area (Å²) >= 11 is 1.65. The van der Waals surface area contributed by atoms with Crippen molar-refractivity contribution in [3.8, 4) is 0 Å². The molecule has 1 aromatic carbocycles. The van der Waals surface area contributed by atoms with Gasteiger partial charge < -0.3 is 10.6 Å². The van der Waals surface area contributed by atoms with Crippen LogP contribution in [-0.4, -0.2) is 36.3 Å². The van der Waals surface area contributed by atoms with Crippen LogP contribution in [0.4, 0.5) is 5.69 Å². The van der Waals surface area contributed by atoms with Crippen molar-refractivity contribution in [2.45, 2.75) is 32.7 Å². The number of carbonyl (C=O) groups is 2. The summed E-state index contributed by atoms with van der Waals surface area (Å²) in [5, 5.41) is 9.66. The zero-order valence-electron chi connectivity index (χ0n) is 15.2. The van der Waals surface area contributed by atoms with E-state index in [4.69, 9.17) is 0 Å². The lowest BCUT2D eigenvalue weighted by molar-refractivity contribution is -0.136. The van der Waals surface area contributed by atoms with Crippen LogP contribution in [0.2, 0.25) is 0 Å². The first kappa shape index (κ1) is 18.6. The van der Waals surface area contributed by atoms with Crippen LogP contribution in [-0.2, 0) is 9.59 Å². The zero-order valence-corrected chi connectivity index (χ0v) is 16.1. The van der Waals surface area contributed by atoms with Gasteiger partial charge in [-0.3, -0.25) is 14.5 Å². The first-order valence-electron chi connectivity index (χ1n) is 8.96. The minimum Gasteiger partial charge on any atom is -0.346 e. The second-order valence-electron chi connectivity index (χ2n) is 6.86. The second kappa shape index (κ2) is 8.47. The van der Waals surface area contributed by atoms with Crippen LogP contribution >= 0.6 is 11.3 Å². The highest BCUT2D eigenvalue weighted by atomic mass is 32.1. The van der Waals surface area contributed by atoms with Crippen molar-refractivity contribution in [3.63, 3.8) is 0 Å². The van der Waals surface area contributed by atoms with Crippen molar-refractivity contribution in [3.05, 3.63) is 51.7 Å². The Morgan fingerprint density at radius 2 is 1.81 bits per heavy atom. The fourth-order valence-corrected chi connectivity index (χ4v) is 4.19. The Kier molecular flexibility index (Phi) is 6.06. The Morgan fingerprint density at radius 1 is 1.12 bits per heavy atom. The fraction of sp³-hybridized carbons (Fsp3) is 0.400.